The fraction of sp³-hybridized carbons (Fsp3) is 1.00. The summed E-state index contributed by atoms with van der Waals surface area (Å²) in [7, 11) is -0.0244. The molecule has 0 aromatic carbocycles. The van der Waals surface area contributed by atoms with Crippen LogP contribution in [0.2, 0.25) is 5.04 Å². The van der Waals surface area contributed by atoms with Crippen molar-refractivity contribution < 1.29 is 0 Å². The Balaban J connectivity index is 3.29. The number of hydrogen-bond acceptors (Lipinski definition) is 0. The molecular formula is C11H25ClSi. The Bertz CT molecular complexity index is 113. The Kier molecular flexibility index (Phi) is 8.18. The normalized spacial score (nSPS) is 12.9. The summed E-state index contributed by atoms with van der Waals surface area (Å²) in [6.45, 7) is 7.05. The SMILES string of the molecule is CCCCCCCC(C)(C)[SiH2]CCl. The van der Waals surface area contributed by atoms with E-state index in [1.165, 1.54) is 38.5 Å². The highest BCUT2D eigenvalue weighted by atomic mass is 35.5. The maximum Gasteiger partial charge on any atom is 0.0440 e. The van der Waals surface area contributed by atoms with Crippen LogP contribution < -0.4 is 0 Å². The molecule has 0 radical (unpaired) electrons. The fourth-order valence-electron chi connectivity index (χ4n) is 1.59. The van der Waals surface area contributed by atoms with Crippen LogP contribution in [0, 0.1) is 0 Å². The van der Waals surface area contributed by atoms with Gasteiger partial charge in [0.15, 0.2) is 0 Å². The number of alkyl halides is 1. The van der Waals surface area contributed by atoms with Gasteiger partial charge in [-0.1, -0.05) is 59.3 Å². The quantitative estimate of drug-likeness (QED) is 0.331. The second-order valence-electron chi connectivity index (χ2n) is 4.77. The molecule has 0 heterocycles. The number of rotatable bonds is 8. The van der Waals surface area contributed by atoms with E-state index < -0.39 is 0 Å². The van der Waals surface area contributed by atoms with E-state index >= 15 is 0 Å². The average molecular weight is 221 g/mol. The zero-order valence-corrected chi connectivity index (χ0v) is 11.7. The van der Waals surface area contributed by atoms with Gasteiger partial charge in [0.05, 0.1) is 0 Å². The summed E-state index contributed by atoms with van der Waals surface area (Å²) >= 11 is 5.81. The number of hydrogen-bond donors (Lipinski definition) is 0. The van der Waals surface area contributed by atoms with Crippen LogP contribution in [0.5, 0.6) is 0 Å². The third kappa shape index (κ3) is 8.83. The minimum Gasteiger partial charge on any atom is -0.131 e. The molecule has 0 saturated heterocycles. The van der Waals surface area contributed by atoms with Gasteiger partial charge in [-0.3, -0.25) is 0 Å². The van der Waals surface area contributed by atoms with Gasteiger partial charge in [-0.25, -0.2) is 0 Å². The van der Waals surface area contributed by atoms with Crippen molar-refractivity contribution in [3.8, 4) is 0 Å². The number of unbranched alkanes of at least 4 members (excludes halogenated alkanes) is 4. The van der Waals surface area contributed by atoms with Crippen molar-refractivity contribution in [1.29, 1.82) is 0 Å². The van der Waals surface area contributed by atoms with Gasteiger partial charge < -0.3 is 0 Å². The van der Waals surface area contributed by atoms with E-state index in [0.29, 0.717) is 5.04 Å². The molecule has 0 spiro atoms. The molecule has 0 amide bonds. The highest BCUT2D eigenvalue weighted by molar-refractivity contribution is 6.52. The lowest BCUT2D eigenvalue weighted by Crippen LogP contribution is -2.14. The van der Waals surface area contributed by atoms with Gasteiger partial charge in [0.1, 0.15) is 0 Å². The maximum atomic E-state index is 5.81. The van der Waals surface area contributed by atoms with E-state index in [-0.39, 0.29) is 9.52 Å². The Morgan fingerprint density at radius 2 is 1.69 bits per heavy atom. The van der Waals surface area contributed by atoms with Gasteiger partial charge >= 0.3 is 0 Å². The molecule has 0 aliphatic carbocycles. The molecule has 0 aromatic rings. The van der Waals surface area contributed by atoms with Crippen LogP contribution in [-0.4, -0.2) is 15.0 Å². The van der Waals surface area contributed by atoms with Gasteiger partial charge in [0, 0.05) is 15.0 Å². The largest absolute Gasteiger partial charge is 0.131 e. The smallest absolute Gasteiger partial charge is 0.0440 e. The van der Waals surface area contributed by atoms with E-state index in [2.05, 4.69) is 20.8 Å². The molecule has 0 fully saturated rings. The zero-order valence-electron chi connectivity index (χ0n) is 9.53. The van der Waals surface area contributed by atoms with Crippen molar-refractivity contribution in [2.45, 2.75) is 64.3 Å². The van der Waals surface area contributed by atoms with Crippen LogP contribution in [0.4, 0.5) is 0 Å². The summed E-state index contributed by atoms with van der Waals surface area (Å²) in [4.78, 5) is 0. The summed E-state index contributed by atoms with van der Waals surface area (Å²) in [6.07, 6.45) is 8.42. The third-order valence-electron chi connectivity index (χ3n) is 2.73. The molecule has 0 aliphatic rings. The van der Waals surface area contributed by atoms with Gasteiger partial charge in [-0.2, -0.15) is 0 Å². The first-order valence-electron chi connectivity index (χ1n) is 5.68. The van der Waals surface area contributed by atoms with Gasteiger partial charge in [-0.05, 0) is 5.04 Å². The molecule has 13 heavy (non-hydrogen) atoms. The second-order valence-corrected chi connectivity index (χ2v) is 8.69. The average Bonchev–Trinajstić information content (AvgIpc) is 2.04. The topological polar surface area (TPSA) is 0 Å². The van der Waals surface area contributed by atoms with E-state index in [1.54, 1.807) is 0 Å². The highest BCUT2D eigenvalue weighted by Gasteiger charge is 2.16. The molecule has 0 unspecified atom stereocenters. The molecule has 0 nitrogen and oxygen atoms in total. The molecule has 80 valence electrons. The number of halogens is 1. The minimum atomic E-state index is -0.0244. The van der Waals surface area contributed by atoms with E-state index in [0.717, 1.165) is 5.50 Å². The first kappa shape index (κ1) is 13.5. The van der Waals surface area contributed by atoms with E-state index in [4.69, 9.17) is 11.6 Å². The van der Waals surface area contributed by atoms with Crippen LogP contribution in [0.15, 0.2) is 0 Å². The summed E-state index contributed by atoms with van der Waals surface area (Å²) < 4.78 is 0. The van der Waals surface area contributed by atoms with Crippen molar-refractivity contribution in [2.24, 2.45) is 0 Å². The van der Waals surface area contributed by atoms with Crippen LogP contribution in [0.1, 0.15) is 59.3 Å². The first-order chi connectivity index (χ1) is 6.12. The summed E-state index contributed by atoms with van der Waals surface area (Å²) in [5.74, 6) is 0. The van der Waals surface area contributed by atoms with E-state index in [9.17, 15) is 0 Å². The molecule has 0 saturated carbocycles. The van der Waals surface area contributed by atoms with Gasteiger partial charge in [-0.15, -0.1) is 11.6 Å². The monoisotopic (exact) mass is 220 g/mol. The van der Waals surface area contributed by atoms with Gasteiger partial charge in [0.2, 0.25) is 0 Å². The van der Waals surface area contributed by atoms with E-state index in [1.807, 2.05) is 0 Å². The summed E-state index contributed by atoms with van der Waals surface area (Å²) in [6, 6.07) is 0. The highest BCUT2D eigenvalue weighted by Crippen LogP contribution is 2.30. The maximum absolute atomic E-state index is 5.81. The Morgan fingerprint density at radius 1 is 1.08 bits per heavy atom. The molecule has 0 rings (SSSR count). The molecule has 0 atom stereocenters. The Morgan fingerprint density at radius 3 is 2.23 bits per heavy atom. The summed E-state index contributed by atoms with van der Waals surface area (Å²) in [5, 5.41) is 0.605. The van der Waals surface area contributed by atoms with Crippen molar-refractivity contribution >= 4 is 21.1 Å². The fourth-order valence-corrected chi connectivity index (χ4v) is 4.13. The van der Waals surface area contributed by atoms with Crippen LogP contribution in [0.25, 0.3) is 0 Å². The lowest BCUT2D eigenvalue weighted by atomic mass is 10.0. The predicted octanol–water partition coefficient (Wildman–Crippen LogP) is 3.91. The molecule has 2 heteroatoms. The molecule has 0 aliphatic heterocycles. The van der Waals surface area contributed by atoms with Crippen molar-refractivity contribution in [3.05, 3.63) is 0 Å². The second kappa shape index (κ2) is 7.87. The van der Waals surface area contributed by atoms with Crippen molar-refractivity contribution in [3.63, 3.8) is 0 Å². The Labute approximate surface area is 91.3 Å². The van der Waals surface area contributed by atoms with Crippen molar-refractivity contribution in [1.82, 2.24) is 0 Å². The lowest BCUT2D eigenvalue weighted by Gasteiger charge is -2.22. The van der Waals surface area contributed by atoms with Crippen LogP contribution >= 0.6 is 11.6 Å². The van der Waals surface area contributed by atoms with Crippen molar-refractivity contribution in [2.75, 3.05) is 5.50 Å². The molecular weight excluding hydrogens is 196 g/mol. The molecule has 0 N–H and O–H groups in total. The minimum absolute atomic E-state index is 0.0244. The third-order valence-corrected chi connectivity index (χ3v) is 5.19. The standard InChI is InChI=1S/C11H25ClSi/c1-4-5-6-7-8-9-11(2,3)13-10-12/h4-10,13H2,1-3H3. The molecule has 0 aromatic heterocycles. The van der Waals surface area contributed by atoms with Gasteiger partial charge in [0.25, 0.3) is 0 Å². The first-order valence-corrected chi connectivity index (χ1v) is 7.92. The van der Waals surface area contributed by atoms with Crippen LogP contribution in [-0.2, 0) is 0 Å². The van der Waals surface area contributed by atoms with Crippen LogP contribution in [0.3, 0.4) is 0 Å². The predicted molar refractivity (Wildman–Crippen MR) is 66.7 cm³/mol. The lowest BCUT2D eigenvalue weighted by molar-refractivity contribution is 0.530. The molecule has 0 bridgehead atoms. The Hall–Kier alpha value is 0.507. The zero-order chi connectivity index (χ0) is 10.2. The summed E-state index contributed by atoms with van der Waals surface area (Å²) in [5.41, 5.74) is 0.946.